The van der Waals surface area contributed by atoms with Gasteiger partial charge >= 0.3 is 0 Å². The highest BCUT2D eigenvalue weighted by molar-refractivity contribution is 5.97. The summed E-state index contributed by atoms with van der Waals surface area (Å²) < 4.78 is 6.07. The molecule has 0 fully saturated rings. The third-order valence-electron chi connectivity index (χ3n) is 4.15. The van der Waals surface area contributed by atoms with Gasteiger partial charge in [0.15, 0.2) is 0 Å². The van der Waals surface area contributed by atoms with Crippen LogP contribution in [-0.2, 0) is 6.61 Å². The van der Waals surface area contributed by atoms with Crippen LogP contribution in [0.15, 0.2) is 48.5 Å². The highest BCUT2D eigenvalue weighted by Gasteiger charge is 2.19. The summed E-state index contributed by atoms with van der Waals surface area (Å²) in [4.78, 5) is 0. The third kappa shape index (κ3) is 1.56. The van der Waals surface area contributed by atoms with Gasteiger partial charge in [0.1, 0.15) is 12.4 Å². The van der Waals surface area contributed by atoms with E-state index < -0.39 is 0 Å². The van der Waals surface area contributed by atoms with Crippen LogP contribution in [0.25, 0.3) is 21.9 Å². The summed E-state index contributed by atoms with van der Waals surface area (Å²) in [5.41, 5.74) is 6.38. The lowest BCUT2D eigenvalue weighted by molar-refractivity contribution is 0.306. The number of hydrogen-bond donors (Lipinski definition) is 0. The molecule has 0 saturated carbocycles. The van der Waals surface area contributed by atoms with Crippen LogP contribution in [0.3, 0.4) is 0 Å². The Morgan fingerprint density at radius 3 is 2.60 bits per heavy atom. The van der Waals surface area contributed by atoms with Crippen LogP contribution in [0.4, 0.5) is 0 Å². The molecule has 0 unspecified atom stereocenters. The molecule has 1 nitrogen and oxygen atoms in total. The molecule has 0 spiro atoms. The topological polar surface area (TPSA) is 9.23 Å². The van der Waals surface area contributed by atoms with Crippen molar-refractivity contribution in [2.24, 2.45) is 0 Å². The highest BCUT2D eigenvalue weighted by atomic mass is 16.5. The molecule has 1 heterocycles. The Hall–Kier alpha value is -2.28. The molecule has 0 atom stereocenters. The number of benzene rings is 3. The summed E-state index contributed by atoms with van der Waals surface area (Å²) in [7, 11) is 0. The maximum atomic E-state index is 6.07. The summed E-state index contributed by atoms with van der Waals surface area (Å²) in [5, 5.41) is 2.50. The smallest absolute Gasteiger partial charge is 0.135 e. The van der Waals surface area contributed by atoms with Gasteiger partial charge in [-0.1, -0.05) is 48.0 Å². The third-order valence-corrected chi connectivity index (χ3v) is 4.15. The van der Waals surface area contributed by atoms with E-state index >= 15 is 0 Å². The van der Waals surface area contributed by atoms with Gasteiger partial charge in [-0.05, 0) is 42.0 Å². The highest BCUT2D eigenvalue weighted by Crippen LogP contribution is 2.42. The molecule has 98 valence electrons. The van der Waals surface area contributed by atoms with Crippen LogP contribution in [0, 0.1) is 13.8 Å². The summed E-state index contributed by atoms with van der Waals surface area (Å²) >= 11 is 0. The molecule has 0 N–H and O–H groups in total. The minimum Gasteiger partial charge on any atom is -0.488 e. The standard InChI is InChI=1S/C19H16O/c1-12-6-7-16-14(10-12)11-20-19-17-5-3-4-13(2)15(17)8-9-18(16)19/h3-10H,11H2,1-2H3. The number of fused-ring (bicyclic) bond motifs is 5. The zero-order valence-electron chi connectivity index (χ0n) is 11.7. The summed E-state index contributed by atoms with van der Waals surface area (Å²) in [5.74, 6) is 1.03. The molecule has 0 saturated heterocycles. The van der Waals surface area contributed by atoms with Gasteiger partial charge in [-0.15, -0.1) is 0 Å². The SMILES string of the molecule is Cc1ccc2c(c1)COc1c-2ccc2c(C)cccc12. The zero-order valence-corrected chi connectivity index (χ0v) is 11.7. The van der Waals surface area contributed by atoms with E-state index in [1.807, 2.05) is 0 Å². The van der Waals surface area contributed by atoms with Gasteiger partial charge in [-0.2, -0.15) is 0 Å². The first kappa shape index (κ1) is 11.5. The lowest BCUT2D eigenvalue weighted by Crippen LogP contribution is -2.06. The van der Waals surface area contributed by atoms with Crippen molar-refractivity contribution in [3.05, 3.63) is 65.2 Å². The molecule has 1 aliphatic heterocycles. The molecule has 0 bridgehead atoms. The van der Waals surface area contributed by atoms with Crippen molar-refractivity contribution in [1.82, 2.24) is 0 Å². The van der Waals surface area contributed by atoms with Crippen LogP contribution >= 0.6 is 0 Å². The quantitative estimate of drug-likeness (QED) is 0.551. The second-order valence-corrected chi connectivity index (χ2v) is 5.56. The fourth-order valence-electron chi connectivity index (χ4n) is 3.11. The number of aryl methyl sites for hydroxylation is 2. The Morgan fingerprint density at radius 2 is 1.70 bits per heavy atom. The van der Waals surface area contributed by atoms with E-state index in [4.69, 9.17) is 4.74 Å². The van der Waals surface area contributed by atoms with Crippen molar-refractivity contribution < 1.29 is 4.74 Å². The van der Waals surface area contributed by atoms with Gasteiger partial charge < -0.3 is 4.74 Å². The molecule has 3 aromatic carbocycles. The van der Waals surface area contributed by atoms with Crippen LogP contribution in [0.2, 0.25) is 0 Å². The molecule has 4 rings (SSSR count). The van der Waals surface area contributed by atoms with Crippen LogP contribution < -0.4 is 4.74 Å². The van der Waals surface area contributed by atoms with E-state index in [1.165, 1.54) is 38.6 Å². The molecule has 1 heteroatoms. The average Bonchev–Trinajstić information content (AvgIpc) is 2.46. The van der Waals surface area contributed by atoms with Crippen LogP contribution in [-0.4, -0.2) is 0 Å². The molecule has 20 heavy (non-hydrogen) atoms. The van der Waals surface area contributed by atoms with Crippen molar-refractivity contribution in [3.8, 4) is 16.9 Å². The molecule has 1 aliphatic rings. The number of hydrogen-bond acceptors (Lipinski definition) is 1. The van der Waals surface area contributed by atoms with Gasteiger partial charge in [0.05, 0.1) is 0 Å². The Morgan fingerprint density at radius 1 is 0.850 bits per heavy atom. The van der Waals surface area contributed by atoms with Crippen LogP contribution in [0.1, 0.15) is 16.7 Å². The first-order valence-corrected chi connectivity index (χ1v) is 6.99. The molecule has 0 aromatic heterocycles. The molecule has 0 aliphatic carbocycles. The normalized spacial score (nSPS) is 12.7. The van der Waals surface area contributed by atoms with E-state index in [0.29, 0.717) is 6.61 Å². The van der Waals surface area contributed by atoms with Crippen LogP contribution in [0.5, 0.6) is 5.75 Å². The van der Waals surface area contributed by atoms with E-state index in [2.05, 4.69) is 62.4 Å². The van der Waals surface area contributed by atoms with Gasteiger partial charge in [0.2, 0.25) is 0 Å². The Kier molecular flexibility index (Phi) is 2.37. The maximum Gasteiger partial charge on any atom is 0.135 e. The largest absolute Gasteiger partial charge is 0.488 e. The minimum atomic E-state index is 0.664. The predicted octanol–water partition coefficient (Wildman–Crippen LogP) is 5.02. The fourth-order valence-corrected chi connectivity index (χ4v) is 3.11. The molecule has 0 radical (unpaired) electrons. The Balaban J connectivity index is 2.06. The summed E-state index contributed by atoms with van der Waals surface area (Å²) in [6.07, 6.45) is 0. The molecule has 0 amide bonds. The maximum absolute atomic E-state index is 6.07. The van der Waals surface area contributed by atoms with E-state index in [-0.39, 0.29) is 0 Å². The first-order valence-electron chi connectivity index (χ1n) is 6.99. The van der Waals surface area contributed by atoms with Gasteiger partial charge in [-0.25, -0.2) is 0 Å². The van der Waals surface area contributed by atoms with E-state index in [9.17, 15) is 0 Å². The Labute approximate surface area is 118 Å². The first-order chi connectivity index (χ1) is 9.74. The van der Waals surface area contributed by atoms with Gasteiger partial charge in [0, 0.05) is 10.9 Å². The van der Waals surface area contributed by atoms with Gasteiger partial charge in [-0.3, -0.25) is 0 Å². The summed E-state index contributed by atoms with van der Waals surface area (Å²) in [6.45, 7) is 4.94. The van der Waals surface area contributed by atoms with E-state index in [1.54, 1.807) is 0 Å². The molecular weight excluding hydrogens is 244 g/mol. The predicted molar refractivity (Wildman–Crippen MR) is 83.2 cm³/mol. The Bertz CT molecular complexity index is 831. The van der Waals surface area contributed by atoms with Crippen molar-refractivity contribution in [3.63, 3.8) is 0 Å². The molecule has 3 aromatic rings. The average molecular weight is 260 g/mol. The number of ether oxygens (including phenoxy) is 1. The summed E-state index contributed by atoms with van der Waals surface area (Å²) in [6, 6.07) is 17.4. The van der Waals surface area contributed by atoms with E-state index in [0.717, 1.165) is 5.75 Å². The molecular formula is C19H16O. The lowest BCUT2D eigenvalue weighted by Gasteiger charge is -2.23. The zero-order chi connectivity index (χ0) is 13.7. The minimum absolute atomic E-state index is 0.664. The van der Waals surface area contributed by atoms with Crippen molar-refractivity contribution in [2.45, 2.75) is 20.5 Å². The van der Waals surface area contributed by atoms with Crippen molar-refractivity contribution in [2.75, 3.05) is 0 Å². The van der Waals surface area contributed by atoms with Crippen molar-refractivity contribution >= 4 is 10.8 Å². The second kappa shape index (κ2) is 4.11. The monoisotopic (exact) mass is 260 g/mol. The van der Waals surface area contributed by atoms with Gasteiger partial charge in [0.25, 0.3) is 0 Å². The number of rotatable bonds is 0. The lowest BCUT2D eigenvalue weighted by atomic mass is 9.92. The fraction of sp³-hybridized carbons (Fsp3) is 0.158. The van der Waals surface area contributed by atoms with Crippen molar-refractivity contribution in [1.29, 1.82) is 0 Å². The second-order valence-electron chi connectivity index (χ2n) is 5.56.